The molecule has 3 heterocycles. The van der Waals surface area contributed by atoms with Gasteiger partial charge in [0.25, 0.3) is 15.9 Å². The molecular formula is C21H23N3O3S3. The van der Waals surface area contributed by atoms with Crippen molar-refractivity contribution in [3.63, 3.8) is 0 Å². The summed E-state index contributed by atoms with van der Waals surface area (Å²) in [5.41, 5.74) is 2.92. The fourth-order valence-corrected chi connectivity index (χ4v) is 6.75. The Morgan fingerprint density at radius 2 is 1.90 bits per heavy atom. The van der Waals surface area contributed by atoms with Crippen molar-refractivity contribution in [3.05, 3.63) is 51.8 Å². The van der Waals surface area contributed by atoms with Crippen LogP contribution in [0.25, 0.3) is 10.6 Å². The fourth-order valence-electron chi connectivity index (χ4n) is 3.44. The molecule has 0 unspecified atom stereocenters. The van der Waals surface area contributed by atoms with Crippen molar-refractivity contribution in [1.82, 2.24) is 9.88 Å². The number of amides is 1. The van der Waals surface area contributed by atoms with Crippen LogP contribution in [0.1, 0.15) is 40.2 Å². The molecule has 0 aliphatic carbocycles. The molecule has 0 atom stereocenters. The second kappa shape index (κ2) is 8.49. The summed E-state index contributed by atoms with van der Waals surface area (Å²) in [5.74, 6) is 0.0279. The Morgan fingerprint density at radius 3 is 2.63 bits per heavy atom. The Kier molecular flexibility index (Phi) is 5.95. The topological polar surface area (TPSA) is 79.4 Å². The van der Waals surface area contributed by atoms with Gasteiger partial charge in [-0.25, -0.2) is 13.4 Å². The summed E-state index contributed by atoms with van der Waals surface area (Å²) in [7, 11) is -3.68. The standard InChI is InChI=1S/C21H23N3O3S3/c1-14-7-6-8-17(11-14)23-30(26,27)18-12-16(13-28-18)20-22-15(2)19(29-20)21(25)24-9-4-3-5-10-24/h6-8,11-13,23H,3-5,9-10H2,1-2H3. The van der Waals surface area contributed by atoms with Crippen LogP contribution in [0.15, 0.2) is 39.9 Å². The minimum Gasteiger partial charge on any atom is -0.338 e. The van der Waals surface area contributed by atoms with Gasteiger partial charge in [0.1, 0.15) is 14.1 Å². The predicted octanol–water partition coefficient (Wildman–Crippen LogP) is 4.92. The molecule has 0 spiro atoms. The molecule has 0 bridgehead atoms. The Bertz CT molecular complexity index is 1180. The van der Waals surface area contributed by atoms with E-state index in [-0.39, 0.29) is 10.1 Å². The van der Waals surface area contributed by atoms with Crippen molar-refractivity contribution in [1.29, 1.82) is 0 Å². The van der Waals surface area contributed by atoms with Crippen LogP contribution < -0.4 is 4.72 Å². The summed E-state index contributed by atoms with van der Waals surface area (Å²) in [6.07, 6.45) is 3.24. The number of piperidine rings is 1. The molecule has 1 fully saturated rings. The number of thiophene rings is 1. The molecule has 1 aromatic carbocycles. The van der Waals surface area contributed by atoms with Crippen LogP contribution in [0.3, 0.4) is 0 Å². The molecule has 1 aliphatic rings. The Balaban J connectivity index is 1.56. The quantitative estimate of drug-likeness (QED) is 0.585. The second-order valence-electron chi connectivity index (χ2n) is 7.42. The first-order chi connectivity index (χ1) is 14.3. The summed E-state index contributed by atoms with van der Waals surface area (Å²) in [6, 6.07) is 8.85. The van der Waals surface area contributed by atoms with Crippen LogP contribution in [0, 0.1) is 13.8 Å². The zero-order valence-corrected chi connectivity index (χ0v) is 19.3. The maximum Gasteiger partial charge on any atom is 0.271 e. The minimum atomic E-state index is -3.68. The number of hydrogen-bond acceptors (Lipinski definition) is 6. The van der Waals surface area contributed by atoms with E-state index in [0.29, 0.717) is 21.3 Å². The number of hydrogen-bond donors (Lipinski definition) is 1. The molecule has 1 saturated heterocycles. The summed E-state index contributed by atoms with van der Waals surface area (Å²) < 4.78 is 28.4. The molecule has 3 aromatic rings. The maximum atomic E-state index is 12.9. The lowest BCUT2D eigenvalue weighted by Gasteiger charge is -2.26. The van der Waals surface area contributed by atoms with Crippen molar-refractivity contribution < 1.29 is 13.2 Å². The number of nitrogens with zero attached hydrogens (tertiary/aromatic N) is 2. The number of nitrogens with one attached hydrogen (secondary N) is 1. The molecule has 0 saturated carbocycles. The smallest absolute Gasteiger partial charge is 0.271 e. The summed E-state index contributed by atoms with van der Waals surface area (Å²) in [6.45, 7) is 5.32. The highest BCUT2D eigenvalue weighted by molar-refractivity contribution is 7.94. The number of anilines is 1. The molecule has 9 heteroatoms. The highest BCUT2D eigenvalue weighted by Crippen LogP contribution is 2.34. The van der Waals surface area contributed by atoms with Crippen LogP contribution in [0.2, 0.25) is 0 Å². The zero-order valence-electron chi connectivity index (χ0n) is 16.8. The van der Waals surface area contributed by atoms with Crippen LogP contribution in [-0.2, 0) is 10.0 Å². The highest BCUT2D eigenvalue weighted by Gasteiger charge is 2.24. The van der Waals surface area contributed by atoms with E-state index < -0.39 is 10.0 Å². The van der Waals surface area contributed by atoms with Gasteiger partial charge in [0.2, 0.25) is 0 Å². The zero-order chi connectivity index (χ0) is 21.3. The fraction of sp³-hybridized carbons (Fsp3) is 0.333. The Hall–Kier alpha value is -2.23. The van der Waals surface area contributed by atoms with Crippen molar-refractivity contribution in [2.75, 3.05) is 17.8 Å². The van der Waals surface area contributed by atoms with Crippen LogP contribution in [0.5, 0.6) is 0 Å². The first-order valence-electron chi connectivity index (χ1n) is 9.78. The monoisotopic (exact) mass is 461 g/mol. The summed E-state index contributed by atoms with van der Waals surface area (Å²) >= 11 is 2.48. The van der Waals surface area contributed by atoms with E-state index >= 15 is 0 Å². The number of rotatable bonds is 5. The number of carbonyl (C=O) groups excluding carboxylic acids is 1. The van der Waals surface area contributed by atoms with Crippen LogP contribution in [-0.4, -0.2) is 37.3 Å². The lowest BCUT2D eigenvalue weighted by Crippen LogP contribution is -2.35. The Morgan fingerprint density at radius 1 is 1.13 bits per heavy atom. The molecule has 1 aliphatic heterocycles. The number of carbonyl (C=O) groups is 1. The third-order valence-electron chi connectivity index (χ3n) is 4.99. The van der Waals surface area contributed by atoms with Gasteiger partial charge in [-0.1, -0.05) is 12.1 Å². The minimum absolute atomic E-state index is 0.0279. The first-order valence-corrected chi connectivity index (χ1v) is 13.0. The van der Waals surface area contributed by atoms with E-state index in [4.69, 9.17) is 0 Å². The van der Waals surface area contributed by atoms with Gasteiger partial charge in [0.15, 0.2) is 0 Å². The third kappa shape index (κ3) is 4.43. The van der Waals surface area contributed by atoms with Crippen molar-refractivity contribution >= 4 is 44.3 Å². The lowest BCUT2D eigenvalue weighted by molar-refractivity contribution is 0.0728. The number of likely N-dealkylation sites (tertiary alicyclic amines) is 1. The van der Waals surface area contributed by atoms with Crippen molar-refractivity contribution in [3.8, 4) is 10.6 Å². The number of sulfonamides is 1. The molecule has 4 rings (SSSR count). The molecule has 6 nitrogen and oxygen atoms in total. The summed E-state index contributed by atoms with van der Waals surface area (Å²) in [5, 5.41) is 2.44. The molecule has 158 valence electrons. The summed E-state index contributed by atoms with van der Waals surface area (Å²) in [4.78, 5) is 19.9. The van der Waals surface area contributed by atoms with Gasteiger partial charge in [0, 0.05) is 29.7 Å². The molecule has 1 N–H and O–H groups in total. The van der Waals surface area contributed by atoms with Gasteiger partial charge in [-0.15, -0.1) is 22.7 Å². The maximum absolute atomic E-state index is 12.9. The van der Waals surface area contributed by atoms with Gasteiger partial charge in [-0.3, -0.25) is 9.52 Å². The van der Waals surface area contributed by atoms with Gasteiger partial charge in [0.05, 0.1) is 5.69 Å². The van der Waals surface area contributed by atoms with Crippen LogP contribution >= 0.6 is 22.7 Å². The Labute approximate surface area is 184 Å². The third-order valence-corrected chi connectivity index (χ3v) is 9.01. The van der Waals surface area contributed by atoms with Crippen molar-refractivity contribution in [2.24, 2.45) is 0 Å². The molecule has 30 heavy (non-hydrogen) atoms. The van der Waals surface area contributed by atoms with E-state index in [1.54, 1.807) is 23.6 Å². The van der Waals surface area contributed by atoms with Gasteiger partial charge in [-0.2, -0.15) is 0 Å². The van der Waals surface area contributed by atoms with Crippen molar-refractivity contribution in [2.45, 2.75) is 37.3 Å². The number of aryl methyl sites for hydroxylation is 2. The molecule has 1 amide bonds. The largest absolute Gasteiger partial charge is 0.338 e. The first kappa shape index (κ1) is 21.0. The normalized spacial score (nSPS) is 14.7. The highest BCUT2D eigenvalue weighted by atomic mass is 32.2. The molecule has 0 radical (unpaired) electrons. The molecule has 2 aromatic heterocycles. The van der Waals surface area contributed by atoms with E-state index in [1.807, 2.05) is 30.9 Å². The van der Waals surface area contributed by atoms with Gasteiger partial charge in [-0.05, 0) is 56.9 Å². The van der Waals surface area contributed by atoms with E-state index in [2.05, 4.69) is 9.71 Å². The average molecular weight is 462 g/mol. The van der Waals surface area contributed by atoms with Crippen LogP contribution in [0.4, 0.5) is 5.69 Å². The SMILES string of the molecule is Cc1cccc(NS(=O)(=O)c2cc(-c3nc(C)c(C(=O)N4CCCCC4)s3)cs2)c1. The second-order valence-corrected chi connectivity index (χ2v) is 11.2. The average Bonchev–Trinajstić information content (AvgIpc) is 3.35. The van der Waals surface area contributed by atoms with Gasteiger partial charge < -0.3 is 4.90 Å². The predicted molar refractivity (Wildman–Crippen MR) is 122 cm³/mol. The molecular weight excluding hydrogens is 438 g/mol. The van der Waals surface area contributed by atoms with E-state index in [1.165, 1.54) is 17.8 Å². The van der Waals surface area contributed by atoms with E-state index in [9.17, 15) is 13.2 Å². The van der Waals surface area contributed by atoms with E-state index in [0.717, 1.165) is 48.4 Å². The number of aromatic nitrogens is 1. The number of thiazole rings is 1. The lowest BCUT2D eigenvalue weighted by atomic mass is 10.1. The number of benzene rings is 1. The van der Waals surface area contributed by atoms with Gasteiger partial charge >= 0.3 is 0 Å².